The maximum atomic E-state index is 10.9. The van der Waals surface area contributed by atoms with E-state index in [1.165, 1.54) is 0 Å². The van der Waals surface area contributed by atoms with Gasteiger partial charge in [0.05, 0.1) is 11.8 Å². The third-order valence-corrected chi connectivity index (χ3v) is 1.59. The molecule has 0 atom stereocenters. The van der Waals surface area contributed by atoms with Gasteiger partial charge in [-0.1, -0.05) is 24.3 Å². The van der Waals surface area contributed by atoms with E-state index in [1.54, 1.807) is 24.3 Å². The topological polar surface area (TPSA) is 48.2 Å². The first kappa shape index (κ1) is 9.55. The summed E-state index contributed by atoms with van der Waals surface area (Å²) in [7, 11) is 0. The Morgan fingerprint density at radius 2 is 1.33 bits per heavy atom. The number of fused-ring (bicyclic) bond motifs is 1. The summed E-state index contributed by atoms with van der Waals surface area (Å²) in [6, 6.07) is 6.63. The van der Waals surface area contributed by atoms with Gasteiger partial charge in [-0.15, -0.1) is 0 Å². The zero-order valence-electron chi connectivity index (χ0n) is 6.15. The Morgan fingerprint density at radius 3 is 1.75 bits per heavy atom. The van der Waals surface area contributed by atoms with Gasteiger partial charge in [-0.2, -0.15) is 0 Å². The van der Waals surface area contributed by atoms with E-state index in [0.717, 1.165) is 0 Å². The molecule has 0 saturated heterocycles. The minimum absolute atomic E-state index is 0. The molecule has 4 heteroatoms. The Morgan fingerprint density at radius 1 is 0.917 bits per heavy atom. The SMILES string of the molecule is O=C1[N-]C(=O)c2ccccc21.[Y]. The van der Waals surface area contributed by atoms with Crippen LogP contribution in [0, 0.1) is 0 Å². The molecule has 2 amide bonds. The standard InChI is InChI=1S/C8H5NO2.Y/c10-7-5-3-1-2-4-6(5)8(11)9-7;/h1-4H,(H,9,10,11);/p-1. The van der Waals surface area contributed by atoms with Gasteiger partial charge in [-0.25, -0.2) is 0 Å². The van der Waals surface area contributed by atoms with Gasteiger partial charge >= 0.3 is 0 Å². The van der Waals surface area contributed by atoms with Crippen LogP contribution in [0.15, 0.2) is 24.3 Å². The molecule has 0 saturated carbocycles. The molecule has 3 nitrogen and oxygen atoms in total. The van der Waals surface area contributed by atoms with Crippen molar-refractivity contribution in [2.45, 2.75) is 0 Å². The Bertz CT molecular complexity index is 316. The number of carbonyl (C=O) groups is 2. The Balaban J connectivity index is 0.000000720. The van der Waals surface area contributed by atoms with Crippen molar-refractivity contribution in [3.05, 3.63) is 40.7 Å². The molecule has 0 aromatic heterocycles. The van der Waals surface area contributed by atoms with Crippen LogP contribution < -0.4 is 0 Å². The van der Waals surface area contributed by atoms with Crippen molar-refractivity contribution in [2.75, 3.05) is 0 Å². The normalized spacial score (nSPS) is 13.3. The Labute approximate surface area is 94.4 Å². The summed E-state index contributed by atoms with van der Waals surface area (Å²) in [6.45, 7) is 0. The summed E-state index contributed by atoms with van der Waals surface area (Å²) in [4.78, 5) is 21.8. The van der Waals surface area contributed by atoms with E-state index in [9.17, 15) is 9.59 Å². The van der Waals surface area contributed by atoms with Gasteiger partial charge in [0.2, 0.25) is 0 Å². The van der Waals surface area contributed by atoms with E-state index >= 15 is 0 Å². The van der Waals surface area contributed by atoms with E-state index in [2.05, 4.69) is 5.32 Å². The molecule has 1 radical (unpaired) electrons. The first-order valence-corrected chi connectivity index (χ1v) is 3.18. The summed E-state index contributed by atoms with van der Waals surface area (Å²) in [5.41, 5.74) is 0.829. The number of benzene rings is 1. The third kappa shape index (κ3) is 1.34. The predicted molar refractivity (Wildman–Crippen MR) is 38.5 cm³/mol. The molecule has 12 heavy (non-hydrogen) atoms. The Hall–Kier alpha value is -0.536. The molecule has 0 N–H and O–H groups in total. The molecule has 1 aromatic carbocycles. The van der Waals surface area contributed by atoms with Gasteiger partial charge in [-0.3, -0.25) is 0 Å². The zero-order valence-corrected chi connectivity index (χ0v) is 8.99. The summed E-state index contributed by atoms with van der Waals surface area (Å²) in [5, 5.41) is 3.28. The number of amides is 2. The van der Waals surface area contributed by atoms with Crippen LogP contribution in [0.4, 0.5) is 0 Å². The van der Waals surface area contributed by atoms with Crippen LogP contribution in [0.2, 0.25) is 0 Å². The van der Waals surface area contributed by atoms with Crippen molar-refractivity contribution in [2.24, 2.45) is 0 Å². The van der Waals surface area contributed by atoms with Crippen molar-refractivity contribution in [1.29, 1.82) is 0 Å². The summed E-state index contributed by atoms with van der Waals surface area (Å²) >= 11 is 0. The van der Waals surface area contributed by atoms with Crippen LogP contribution in [-0.2, 0) is 32.7 Å². The van der Waals surface area contributed by atoms with Gasteiger partial charge in [0.1, 0.15) is 0 Å². The predicted octanol–water partition coefficient (Wildman–Crippen LogP) is 1.35. The molecular weight excluding hydrogens is 231 g/mol. The monoisotopic (exact) mass is 235 g/mol. The van der Waals surface area contributed by atoms with Crippen molar-refractivity contribution in [3.63, 3.8) is 0 Å². The molecule has 1 aliphatic heterocycles. The maximum absolute atomic E-state index is 10.9. The molecule has 0 fully saturated rings. The number of nitrogens with zero attached hydrogens (tertiary/aromatic N) is 1. The van der Waals surface area contributed by atoms with Crippen LogP contribution in [0.5, 0.6) is 0 Å². The quantitative estimate of drug-likeness (QED) is 0.637. The average Bonchev–Trinajstić information content (AvgIpc) is 2.30. The molecule has 0 spiro atoms. The largest absolute Gasteiger partial charge is 0.587 e. The summed E-state index contributed by atoms with van der Waals surface area (Å²) in [6.07, 6.45) is 0. The maximum Gasteiger partial charge on any atom is 0.0883 e. The molecule has 0 unspecified atom stereocenters. The van der Waals surface area contributed by atoms with Crippen molar-refractivity contribution < 1.29 is 42.3 Å². The molecule has 1 aromatic rings. The molecule has 1 heterocycles. The fraction of sp³-hybridized carbons (Fsp3) is 0. The van der Waals surface area contributed by atoms with E-state index in [4.69, 9.17) is 0 Å². The third-order valence-electron chi connectivity index (χ3n) is 1.59. The Kier molecular flexibility index (Phi) is 2.75. The smallest absolute Gasteiger partial charge is 0.0883 e. The molecule has 2 rings (SSSR count). The fourth-order valence-corrected chi connectivity index (χ4v) is 1.07. The minimum Gasteiger partial charge on any atom is -0.587 e. The van der Waals surface area contributed by atoms with Gasteiger partial charge in [0.15, 0.2) is 0 Å². The van der Waals surface area contributed by atoms with Gasteiger partial charge in [-0.05, 0) is 0 Å². The average molecular weight is 235 g/mol. The van der Waals surface area contributed by atoms with E-state index in [1.807, 2.05) is 0 Å². The summed E-state index contributed by atoms with van der Waals surface area (Å²) in [5.74, 6) is -0.851. The van der Waals surface area contributed by atoms with Gasteiger partial charge in [0, 0.05) is 43.8 Å². The second-order valence-electron chi connectivity index (χ2n) is 2.27. The van der Waals surface area contributed by atoms with Crippen LogP contribution in [0.25, 0.3) is 5.32 Å². The molecule has 0 aliphatic carbocycles. The molecule has 57 valence electrons. The first-order valence-electron chi connectivity index (χ1n) is 3.18. The van der Waals surface area contributed by atoms with Crippen LogP contribution in [-0.4, -0.2) is 11.8 Å². The second-order valence-corrected chi connectivity index (χ2v) is 2.27. The van der Waals surface area contributed by atoms with Crippen molar-refractivity contribution in [3.8, 4) is 0 Å². The number of imide groups is 1. The zero-order chi connectivity index (χ0) is 7.84. The minimum atomic E-state index is -0.425. The summed E-state index contributed by atoms with van der Waals surface area (Å²) < 4.78 is 0. The molecule has 1 aliphatic rings. The number of rotatable bonds is 0. The van der Waals surface area contributed by atoms with E-state index < -0.39 is 11.8 Å². The van der Waals surface area contributed by atoms with Gasteiger partial charge in [0.25, 0.3) is 0 Å². The van der Waals surface area contributed by atoms with Crippen molar-refractivity contribution >= 4 is 11.8 Å². The number of hydrogen-bond donors (Lipinski definition) is 0. The van der Waals surface area contributed by atoms with Gasteiger partial charge < -0.3 is 14.9 Å². The molecular formula is C8H4NO2Y-. The number of carbonyl (C=O) groups excluding carboxylic acids is 2. The van der Waals surface area contributed by atoms with E-state index in [0.29, 0.717) is 11.1 Å². The van der Waals surface area contributed by atoms with Crippen LogP contribution >= 0.6 is 0 Å². The first-order chi connectivity index (χ1) is 5.29. The molecule has 0 bridgehead atoms. The second kappa shape index (κ2) is 3.46. The van der Waals surface area contributed by atoms with E-state index in [-0.39, 0.29) is 32.7 Å². The van der Waals surface area contributed by atoms with Crippen LogP contribution in [0.3, 0.4) is 0 Å². The van der Waals surface area contributed by atoms with Crippen LogP contribution in [0.1, 0.15) is 20.7 Å². The van der Waals surface area contributed by atoms with Crippen molar-refractivity contribution in [1.82, 2.24) is 0 Å². The fourth-order valence-electron chi connectivity index (χ4n) is 1.07. The number of hydrogen-bond acceptors (Lipinski definition) is 2.